The minimum Gasteiger partial charge on any atom is -0.396 e. The smallest absolute Gasteiger partial charge is 0.223 e. The number of aliphatic hydroxyl groups excluding tert-OH is 1. The summed E-state index contributed by atoms with van der Waals surface area (Å²) in [6.45, 7) is 6.17. The van der Waals surface area contributed by atoms with Gasteiger partial charge >= 0.3 is 0 Å². The molecule has 90 valence electrons. The average molecular weight is 233 g/mol. The second-order valence-corrected chi connectivity index (χ2v) is 5.14. The van der Waals surface area contributed by atoms with Crippen LogP contribution < -0.4 is 5.32 Å². The number of carbonyl (C=O) groups is 1. The Morgan fingerprint density at radius 3 is 2.40 bits per heavy atom. The van der Waals surface area contributed by atoms with E-state index in [0.29, 0.717) is 12.3 Å². The summed E-state index contributed by atoms with van der Waals surface area (Å²) in [6.07, 6.45) is 2.63. The van der Waals surface area contributed by atoms with Crippen LogP contribution in [-0.4, -0.2) is 35.7 Å². The third-order valence-electron chi connectivity index (χ3n) is 2.44. The van der Waals surface area contributed by atoms with Gasteiger partial charge in [0, 0.05) is 24.3 Å². The maximum Gasteiger partial charge on any atom is 0.223 e. The van der Waals surface area contributed by atoms with Gasteiger partial charge in [-0.2, -0.15) is 11.8 Å². The monoisotopic (exact) mass is 233 g/mol. The highest BCUT2D eigenvalue weighted by Crippen LogP contribution is 2.09. The molecule has 0 aromatic heterocycles. The summed E-state index contributed by atoms with van der Waals surface area (Å²) >= 11 is 1.68. The Bertz CT molecular complexity index is 185. The minimum absolute atomic E-state index is 0.0416. The van der Waals surface area contributed by atoms with E-state index in [1.807, 2.05) is 13.2 Å². The van der Waals surface area contributed by atoms with Crippen LogP contribution in [0, 0.1) is 11.8 Å². The molecule has 0 aliphatic carbocycles. The van der Waals surface area contributed by atoms with Gasteiger partial charge < -0.3 is 10.4 Å². The Balaban J connectivity index is 4.09. The number of hydrogen-bond acceptors (Lipinski definition) is 3. The summed E-state index contributed by atoms with van der Waals surface area (Å²) in [6, 6.07) is 0.0896. The van der Waals surface area contributed by atoms with Crippen LogP contribution in [0.3, 0.4) is 0 Å². The summed E-state index contributed by atoms with van der Waals surface area (Å²) in [7, 11) is 0. The second-order valence-electron chi connectivity index (χ2n) is 4.23. The Morgan fingerprint density at radius 1 is 1.40 bits per heavy atom. The van der Waals surface area contributed by atoms with E-state index in [9.17, 15) is 4.79 Å². The van der Waals surface area contributed by atoms with Gasteiger partial charge in [0.2, 0.25) is 5.91 Å². The molecule has 0 aliphatic rings. The normalized spacial score (nSPS) is 15.1. The van der Waals surface area contributed by atoms with Crippen LogP contribution in [0.5, 0.6) is 0 Å². The fraction of sp³-hybridized carbons (Fsp3) is 0.909. The van der Waals surface area contributed by atoms with Crippen LogP contribution in [-0.2, 0) is 4.79 Å². The van der Waals surface area contributed by atoms with Gasteiger partial charge in [0.1, 0.15) is 0 Å². The molecule has 0 bridgehead atoms. The van der Waals surface area contributed by atoms with Gasteiger partial charge in [-0.15, -0.1) is 0 Å². The highest BCUT2D eigenvalue weighted by atomic mass is 32.2. The molecule has 0 saturated carbocycles. The zero-order valence-corrected chi connectivity index (χ0v) is 10.9. The first-order valence-electron chi connectivity index (χ1n) is 5.43. The number of carbonyl (C=O) groups excluding carboxylic acids is 1. The first-order valence-corrected chi connectivity index (χ1v) is 6.82. The molecule has 3 nitrogen and oxygen atoms in total. The van der Waals surface area contributed by atoms with Crippen molar-refractivity contribution in [1.29, 1.82) is 0 Å². The largest absolute Gasteiger partial charge is 0.396 e. The number of amides is 1. The lowest BCUT2D eigenvalue weighted by Crippen LogP contribution is -2.42. The quantitative estimate of drug-likeness (QED) is 0.701. The van der Waals surface area contributed by atoms with Crippen molar-refractivity contribution in [3.63, 3.8) is 0 Å². The van der Waals surface area contributed by atoms with Crippen molar-refractivity contribution in [3.8, 4) is 0 Å². The molecule has 0 rings (SSSR count). The molecule has 15 heavy (non-hydrogen) atoms. The fourth-order valence-corrected chi connectivity index (χ4v) is 2.01. The van der Waals surface area contributed by atoms with Crippen LogP contribution >= 0.6 is 11.8 Å². The predicted octanol–water partition coefficient (Wildman–Crippen LogP) is 1.51. The first kappa shape index (κ1) is 14.8. The summed E-state index contributed by atoms with van der Waals surface area (Å²) in [5.74, 6) is 1.34. The Morgan fingerprint density at radius 2 is 2.00 bits per heavy atom. The number of aliphatic hydroxyl groups is 1. The SMILES string of the molecule is CSCC(C)C(=O)NC(CCO)C(C)C. The topological polar surface area (TPSA) is 49.3 Å². The van der Waals surface area contributed by atoms with E-state index in [1.54, 1.807) is 11.8 Å². The van der Waals surface area contributed by atoms with Crippen molar-refractivity contribution in [2.75, 3.05) is 18.6 Å². The third kappa shape index (κ3) is 6.05. The first-order chi connectivity index (χ1) is 7.02. The van der Waals surface area contributed by atoms with Crippen LogP contribution in [0.2, 0.25) is 0 Å². The molecule has 0 aromatic carbocycles. The number of nitrogens with one attached hydrogen (secondary N) is 1. The van der Waals surface area contributed by atoms with Crippen LogP contribution in [0.25, 0.3) is 0 Å². The van der Waals surface area contributed by atoms with Gasteiger partial charge in [-0.3, -0.25) is 4.79 Å². The molecule has 0 aliphatic heterocycles. The Hall–Kier alpha value is -0.220. The van der Waals surface area contributed by atoms with Crippen molar-refractivity contribution in [3.05, 3.63) is 0 Å². The molecule has 4 heteroatoms. The lowest BCUT2D eigenvalue weighted by atomic mass is 10.0. The van der Waals surface area contributed by atoms with Crippen molar-refractivity contribution in [2.45, 2.75) is 33.2 Å². The van der Waals surface area contributed by atoms with Gasteiger partial charge in [-0.25, -0.2) is 0 Å². The zero-order chi connectivity index (χ0) is 11.8. The molecule has 0 spiro atoms. The van der Waals surface area contributed by atoms with E-state index >= 15 is 0 Å². The molecule has 0 radical (unpaired) electrons. The molecule has 0 fully saturated rings. The molecular formula is C11H23NO2S. The highest BCUT2D eigenvalue weighted by molar-refractivity contribution is 7.98. The predicted molar refractivity (Wildman–Crippen MR) is 66.0 cm³/mol. The molecule has 1 amide bonds. The molecule has 0 aromatic rings. The maximum atomic E-state index is 11.7. The summed E-state index contributed by atoms with van der Waals surface area (Å²) in [5, 5.41) is 11.9. The highest BCUT2D eigenvalue weighted by Gasteiger charge is 2.19. The summed E-state index contributed by atoms with van der Waals surface area (Å²) < 4.78 is 0. The molecule has 0 heterocycles. The van der Waals surface area contributed by atoms with Gasteiger partial charge in [-0.05, 0) is 18.6 Å². The van der Waals surface area contributed by atoms with Gasteiger partial charge in [-0.1, -0.05) is 20.8 Å². The van der Waals surface area contributed by atoms with E-state index in [1.165, 1.54) is 0 Å². The van der Waals surface area contributed by atoms with Crippen molar-refractivity contribution in [2.24, 2.45) is 11.8 Å². The van der Waals surface area contributed by atoms with Crippen molar-refractivity contribution < 1.29 is 9.90 Å². The molecule has 2 unspecified atom stereocenters. The minimum atomic E-state index is 0.0416. The van der Waals surface area contributed by atoms with Gasteiger partial charge in [0.25, 0.3) is 0 Å². The van der Waals surface area contributed by atoms with Gasteiger partial charge in [0.15, 0.2) is 0 Å². The Kier molecular flexibility index (Phi) is 7.88. The van der Waals surface area contributed by atoms with E-state index in [-0.39, 0.29) is 24.5 Å². The number of rotatable bonds is 7. The molecule has 0 saturated heterocycles. The third-order valence-corrected chi connectivity index (χ3v) is 3.27. The van der Waals surface area contributed by atoms with Crippen LogP contribution in [0.4, 0.5) is 0 Å². The van der Waals surface area contributed by atoms with Crippen molar-refractivity contribution in [1.82, 2.24) is 5.32 Å². The zero-order valence-electron chi connectivity index (χ0n) is 10.1. The average Bonchev–Trinajstić information content (AvgIpc) is 2.17. The summed E-state index contributed by atoms with van der Waals surface area (Å²) in [5.41, 5.74) is 0. The maximum absolute atomic E-state index is 11.7. The van der Waals surface area contributed by atoms with E-state index in [2.05, 4.69) is 19.2 Å². The second kappa shape index (κ2) is 7.99. The Labute approximate surface area is 97.0 Å². The van der Waals surface area contributed by atoms with Crippen LogP contribution in [0.15, 0.2) is 0 Å². The molecule has 2 atom stereocenters. The summed E-state index contributed by atoms with van der Waals surface area (Å²) in [4.78, 5) is 11.7. The van der Waals surface area contributed by atoms with Crippen molar-refractivity contribution >= 4 is 17.7 Å². The number of hydrogen-bond donors (Lipinski definition) is 2. The lowest BCUT2D eigenvalue weighted by Gasteiger charge is -2.23. The van der Waals surface area contributed by atoms with Crippen LogP contribution in [0.1, 0.15) is 27.2 Å². The molecule has 2 N–H and O–H groups in total. The lowest BCUT2D eigenvalue weighted by molar-refractivity contribution is -0.125. The fourth-order valence-electron chi connectivity index (χ4n) is 1.36. The van der Waals surface area contributed by atoms with Gasteiger partial charge in [0.05, 0.1) is 0 Å². The standard InChI is InChI=1S/C11H23NO2S/c1-8(2)10(5-6-13)12-11(14)9(3)7-15-4/h8-10,13H,5-7H2,1-4H3,(H,12,14). The van der Waals surface area contributed by atoms with E-state index < -0.39 is 0 Å². The number of thioether (sulfide) groups is 1. The molecular weight excluding hydrogens is 210 g/mol. The van der Waals surface area contributed by atoms with E-state index in [4.69, 9.17) is 5.11 Å². The van der Waals surface area contributed by atoms with E-state index in [0.717, 1.165) is 5.75 Å².